The van der Waals surface area contributed by atoms with Crippen LogP contribution >= 0.6 is 11.3 Å². The van der Waals surface area contributed by atoms with Crippen molar-refractivity contribution >= 4 is 28.9 Å². The number of carbonyl (C=O) groups is 2. The van der Waals surface area contributed by atoms with Gasteiger partial charge in [0.25, 0.3) is 0 Å². The molecule has 21 heavy (non-hydrogen) atoms. The maximum atomic E-state index is 12.8. The number of carboxylic acids is 1. The van der Waals surface area contributed by atoms with Crippen LogP contribution in [0.15, 0.2) is 29.6 Å². The van der Waals surface area contributed by atoms with Crippen LogP contribution in [0.25, 0.3) is 0 Å². The third-order valence-corrected chi connectivity index (χ3v) is 3.85. The Kier molecular flexibility index (Phi) is 4.64. The number of aromatic nitrogens is 1. The molecule has 1 unspecified atom stereocenters. The number of amides is 1. The van der Waals surface area contributed by atoms with Crippen molar-refractivity contribution in [2.45, 2.75) is 19.3 Å². The first-order valence-electron chi connectivity index (χ1n) is 6.18. The number of rotatable bonds is 5. The van der Waals surface area contributed by atoms with Crippen LogP contribution in [-0.4, -0.2) is 22.0 Å². The predicted molar refractivity (Wildman–Crippen MR) is 76.9 cm³/mol. The molecule has 0 bridgehead atoms. The number of nitrogens with one attached hydrogen (secondary N) is 1. The summed E-state index contributed by atoms with van der Waals surface area (Å²) in [5.74, 6) is -2.13. The topological polar surface area (TPSA) is 79.3 Å². The summed E-state index contributed by atoms with van der Waals surface area (Å²) in [5, 5.41) is 13.5. The number of halogens is 1. The van der Waals surface area contributed by atoms with Gasteiger partial charge in [0.2, 0.25) is 5.91 Å². The molecule has 0 saturated heterocycles. The van der Waals surface area contributed by atoms with Gasteiger partial charge in [0, 0.05) is 11.1 Å². The molecule has 110 valence electrons. The summed E-state index contributed by atoms with van der Waals surface area (Å²) in [6, 6.07) is 5.46. The van der Waals surface area contributed by atoms with Gasteiger partial charge in [0.05, 0.1) is 18.0 Å². The molecule has 1 aromatic heterocycles. The Hall–Kier alpha value is -2.28. The zero-order chi connectivity index (χ0) is 15.4. The number of hydrogen-bond acceptors (Lipinski definition) is 4. The van der Waals surface area contributed by atoms with E-state index in [0.717, 1.165) is 0 Å². The fourth-order valence-corrected chi connectivity index (χ4v) is 2.53. The van der Waals surface area contributed by atoms with Crippen molar-refractivity contribution in [3.8, 4) is 0 Å². The highest BCUT2D eigenvalue weighted by molar-refractivity contribution is 7.09. The molecular formula is C14H13FN2O3S. The number of aliphatic carboxylic acids is 1. The van der Waals surface area contributed by atoms with E-state index in [1.165, 1.54) is 35.6 Å². The van der Waals surface area contributed by atoms with E-state index in [2.05, 4.69) is 10.3 Å². The summed E-state index contributed by atoms with van der Waals surface area (Å²) in [4.78, 5) is 26.8. The quantitative estimate of drug-likeness (QED) is 0.890. The minimum atomic E-state index is -0.963. The van der Waals surface area contributed by atoms with Crippen LogP contribution in [0.4, 0.5) is 10.1 Å². The maximum absolute atomic E-state index is 12.8. The van der Waals surface area contributed by atoms with Gasteiger partial charge in [0.15, 0.2) is 0 Å². The van der Waals surface area contributed by atoms with Crippen LogP contribution in [-0.2, 0) is 16.0 Å². The molecule has 0 saturated carbocycles. The van der Waals surface area contributed by atoms with Crippen molar-refractivity contribution in [3.05, 3.63) is 46.2 Å². The number of carboxylic acid groups (broad SMARTS) is 1. The SMILES string of the molecule is CC(C(=O)Nc1ccc(F)cc1)c1nc(CC(=O)O)cs1. The minimum absolute atomic E-state index is 0.164. The van der Waals surface area contributed by atoms with Crippen molar-refractivity contribution in [3.63, 3.8) is 0 Å². The zero-order valence-corrected chi connectivity index (χ0v) is 12.0. The molecule has 0 fully saturated rings. The number of hydrogen-bond donors (Lipinski definition) is 2. The van der Waals surface area contributed by atoms with Crippen molar-refractivity contribution in [2.24, 2.45) is 0 Å². The second-order valence-corrected chi connectivity index (χ2v) is 5.36. The van der Waals surface area contributed by atoms with Crippen LogP contribution in [0.5, 0.6) is 0 Å². The average Bonchev–Trinajstić information content (AvgIpc) is 2.88. The van der Waals surface area contributed by atoms with E-state index in [4.69, 9.17) is 5.11 Å². The molecule has 2 N–H and O–H groups in total. The number of thiazole rings is 1. The largest absolute Gasteiger partial charge is 0.481 e. The molecule has 1 heterocycles. The fourth-order valence-electron chi connectivity index (χ4n) is 1.65. The Bertz CT molecular complexity index is 654. The summed E-state index contributed by atoms with van der Waals surface area (Å²) >= 11 is 1.25. The first-order valence-corrected chi connectivity index (χ1v) is 7.06. The van der Waals surface area contributed by atoms with Crippen molar-refractivity contribution < 1.29 is 19.1 Å². The van der Waals surface area contributed by atoms with E-state index < -0.39 is 11.9 Å². The number of benzene rings is 1. The van der Waals surface area contributed by atoms with Gasteiger partial charge in [-0.05, 0) is 31.2 Å². The van der Waals surface area contributed by atoms with Crippen LogP contribution < -0.4 is 5.32 Å². The van der Waals surface area contributed by atoms with E-state index in [1.54, 1.807) is 12.3 Å². The first-order chi connectivity index (χ1) is 9.95. The lowest BCUT2D eigenvalue weighted by molar-refractivity contribution is -0.136. The molecule has 1 aromatic carbocycles. The van der Waals surface area contributed by atoms with Crippen LogP contribution in [0.3, 0.4) is 0 Å². The van der Waals surface area contributed by atoms with Crippen molar-refractivity contribution in [1.29, 1.82) is 0 Å². The van der Waals surface area contributed by atoms with Gasteiger partial charge in [-0.2, -0.15) is 0 Å². The van der Waals surface area contributed by atoms with E-state index in [0.29, 0.717) is 16.4 Å². The van der Waals surface area contributed by atoms with Gasteiger partial charge in [0.1, 0.15) is 10.8 Å². The second-order valence-electron chi connectivity index (χ2n) is 4.47. The van der Waals surface area contributed by atoms with Gasteiger partial charge >= 0.3 is 5.97 Å². The van der Waals surface area contributed by atoms with Crippen LogP contribution in [0.2, 0.25) is 0 Å². The third kappa shape index (κ3) is 4.09. The molecule has 0 aliphatic heterocycles. The molecule has 7 heteroatoms. The van der Waals surface area contributed by atoms with Crippen LogP contribution in [0, 0.1) is 5.82 Å². The smallest absolute Gasteiger partial charge is 0.309 e. The minimum Gasteiger partial charge on any atom is -0.481 e. The Labute approximate surface area is 124 Å². The zero-order valence-electron chi connectivity index (χ0n) is 11.2. The summed E-state index contributed by atoms with van der Waals surface area (Å²) in [6.07, 6.45) is -0.164. The molecular weight excluding hydrogens is 295 g/mol. The Morgan fingerprint density at radius 1 is 1.38 bits per heavy atom. The van der Waals surface area contributed by atoms with Gasteiger partial charge in [-0.15, -0.1) is 11.3 Å². The van der Waals surface area contributed by atoms with Gasteiger partial charge in [-0.25, -0.2) is 9.37 Å². The van der Waals surface area contributed by atoms with E-state index in [1.807, 2.05) is 0 Å². The summed E-state index contributed by atoms with van der Waals surface area (Å²) < 4.78 is 12.8. The summed E-state index contributed by atoms with van der Waals surface area (Å²) in [6.45, 7) is 1.68. The predicted octanol–water partition coefficient (Wildman–Crippen LogP) is 2.65. The third-order valence-electron chi connectivity index (χ3n) is 2.78. The van der Waals surface area contributed by atoms with E-state index in [9.17, 15) is 14.0 Å². The van der Waals surface area contributed by atoms with Crippen molar-refractivity contribution in [1.82, 2.24) is 4.98 Å². The standard InChI is InChI=1S/C14H13FN2O3S/c1-8(14-17-11(7-21-14)6-12(18)19)13(20)16-10-4-2-9(15)3-5-10/h2-5,7-8H,6H2,1H3,(H,16,20)(H,18,19). The highest BCUT2D eigenvalue weighted by Gasteiger charge is 2.19. The average molecular weight is 308 g/mol. The lowest BCUT2D eigenvalue weighted by Crippen LogP contribution is -2.18. The molecule has 0 aliphatic rings. The molecule has 0 radical (unpaired) electrons. The number of carbonyl (C=O) groups excluding carboxylic acids is 1. The highest BCUT2D eigenvalue weighted by Crippen LogP contribution is 2.22. The monoisotopic (exact) mass is 308 g/mol. The Morgan fingerprint density at radius 3 is 2.67 bits per heavy atom. The lowest BCUT2D eigenvalue weighted by Gasteiger charge is -2.09. The summed E-state index contributed by atoms with van der Waals surface area (Å²) in [5.41, 5.74) is 0.930. The summed E-state index contributed by atoms with van der Waals surface area (Å²) in [7, 11) is 0. The molecule has 0 spiro atoms. The number of nitrogens with zero attached hydrogens (tertiary/aromatic N) is 1. The molecule has 2 aromatic rings. The van der Waals surface area contributed by atoms with Crippen LogP contribution in [0.1, 0.15) is 23.5 Å². The van der Waals surface area contributed by atoms with Gasteiger partial charge in [-0.3, -0.25) is 9.59 Å². The van der Waals surface area contributed by atoms with Crippen molar-refractivity contribution in [2.75, 3.05) is 5.32 Å². The molecule has 5 nitrogen and oxygen atoms in total. The Morgan fingerprint density at radius 2 is 2.05 bits per heavy atom. The molecule has 1 amide bonds. The maximum Gasteiger partial charge on any atom is 0.309 e. The van der Waals surface area contributed by atoms with Gasteiger partial charge < -0.3 is 10.4 Å². The fraction of sp³-hybridized carbons (Fsp3) is 0.214. The normalized spacial score (nSPS) is 11.9. The van der Waals surface area contributed by atoms with Gasteiger partial charge in [-0.1, -0.05) is 0 Å². The lowest BCUT2D eigenvalue weighted by atomic mass is 10.1. The molecule has 2 rings (SSSR count). The second kappa shape index (κ2) is 6.45. The first kappa shape index (κ1) is 15.1. The number of anilines is 1. The van der Waals surface area contributed by atoms with E-state index >= 15 is 0 Å². The molecule has 1 atom stereocenters. The highest BCUT2D eigenvalue weighted by atomic mass is 32.1. The Balaban J connectivity index is 2.03. The van der Waals surface area contributed by atoms with E-state index in [-0.39, 0.29) is 18.1 Å². The molecule has 0 aliphatic carbocycles.